The van der Waals surface area contributed by atoms with Gasteiger partial charge in [0.15, 0.2) is 17.3 Å². The molecule has 0 aliphatic heterocycles. The van der Waals surface area contributed by atoms with Crippen molar-refractivity contribution in [1.29, 1.82) is 0 Å². The summed E-state index contributed by atoms with van der Waals surface area (Å²) in [5, 5.41) is 40.4. The minimum Gasteiger partial charge on any atom is -0.508 e. The van der Waals surface area contributed by atoms with Gasteiger partial charge in [0.2, 0.25) is 0 Å². The van der Waals surface area contributed by atoms with Gasteiger partial charge in [0, 0.05) is 24.1 Å². The predicted molar refractivity (Wildman–Crippen MR) is 106 cm³/mol. The zero-order chi connectivity index (χ0) is 21.5. The van der Waals surface area contributed by atoms with E-state index in [1.54, 1.807) is 34.1 Å². The van der Waals surface area contributed by atoms with Gasteiger partial charge in [-0.05, 0) is 43.7 Å². The largest absolute Gasteiger partial charge is 0.508 e. The second kappa shape index (κ2) is 7.48. The van der Waals surface area contributed by atoms with Crippen molar-refractivity contribution in [2.45, 2.75) is 38.2 Å². The van der Waals surface area contributed by atoms with Gasteiger partial charge in [0.25, 0.3) is 0 Å². The molecule has 4 N–H and O–H groups in total. The molecule has 0 radical (unpaired) electrons. The lowest BCUT2D eigenvalue weighted by Crippen LogP contribution is -2.34. The molecule has 3 rings (SSSR count). The molecule has 1 aliphatic carbocycles. The zero-order valence-electron chi connectivity index (χ0n) is 16.9. The lowest BCUT2D eigenvalue weighted by atomic mass is 9.78. The van der Waals surface area contributed by atoms with Crippen molar-refractivity contribution < 1.29 is 34.7 Å². The third-order valence-electron chi connectivity index (χ3n) is 5.67. The van der Waals surface area contributed by atoms with E-state index >= 15 is 0 Å². The molecule has 0 amide bonds. The van der Waals surface area contributed by atoms with Crippen LogP contribution in [0.3, 0.4) is 0 Å². The Bertz CT molecular complexity index is 920. The number of carbonyl (C=O) groups is 1. The van der Waals surface area contributed by atoms with E-state index in [0.29, 0.717) is 17.9 Å². The Labute approximate surface area is 169 Å². The average molecular weight is 402 g/mol. The number of carbonyl (C=O) groups excluding carboxylic acids is 1. The first-order valence-corrected chi connectivity index (χ1v) is 9.32. The Morgan fingerprint density at radius 3 is 2.24 bits per heavy atom. The highest BCUT2D eigenvalue weighted by Crippen LogP contribution is 2.51. The normalized spacial score (nSPS) is 18.4. The molecule has 2 atom stereocenters. The van der Waals surface area contributed by atoms with Gasteiger partial charge in [-0.25, -0.2) is 0 Å². The third kappa shape index (κ3) is 3.70. The summed E-state index contributed by atoms with van der Waals surface area (Å²) in [4.78, 5) is 13.0. The minimum atomic E-state index is -1.08. The van der Waals surface area contributed by atoms with E-state index in [1.165, 1.54) is 0 Å². The zero-order valence-corrected chi connectivity index (χ0v) is 16.9. The molecule has 0 unspecified atom stereocenters. The number of aromatic hydroxyl groups is 3. The Morgan fingerprint density at radius 2 is 1.72 bits per heavy atom. The van der Waals surface area contributed by atoms with Crippen LogP contribution in [0.2, 0.25) is 0 Å². The van der Waals surface area contributed by atoms with Gasteiger partial charge in [-0.1, -0.05) is 6.07 Å². The highest BCUT2D eigenvalue weighted by atomic mass is 16.5. The summed E-state index contributed by atoms with van der Waals surface area (Å²) in [7, 11) is 3.09. The van der Waals surface area contributed by atoms with Crippen molar-refractivity contribution in [3.63, 3.8) is 0 Å². The number of aliphatic hydroxyl groups is 1. The van der Waals surface area contributed by atoms with Gasteiger partial charge in [0.05, 0.1) is 19.8 Å². The highest BCUT2D eigenvalue weighted by Gasteiger charge is 2.44. The summed E-state index contributed by atoms with van der Waals surface area (Å²) in [6.07, 6.45) is 0.452. The summed E-state index contributed by atoms with van der Waals surface area (Å²) in [5.41, 5.74) is 0.407. The number of ether oxygens (including phenoxy) is 2. The van der Waals surface area contributed by atoms with E-state index in [-0.39, 0.29) is 29.6 Å². The van der Waals surface area contributed by atoms with Gasteiger partial charge < -0.3 is 29.9 Å². The number of methoxy groups -OCH3 is 2. The van der Waals surface area contributed by atoms with Crippen molar-refractivity contribution >= 4 is 5.78 Å². The molecular weight excluding hydrogens is 376 g/mol. The molecule has 0 bridgehead atoms. The second-order valence-electron chi connectivity index (χ2n) is 7.93. The molecule has 0 spiro atoms. The first-order valence-electron chi connectivity index (χ1n) is 9.32. The molecular formula is C22H26O7. The van der Waals surface area contributed by atoms with Crippen LogP contribution in [0, 0.1) is 5.92 Å². The minimum absolute atomic E-state index is 0.0387. The number of Topliss-reactive ketones (excluding diaryl/α,β-unsaturated/α-hetero) is 1. The molecule has 7 heteroatoms. The van der Waals surface area contributed by atoms with Crippen molar-refractivity contribution in [3.05, 3.63) is 41.0 Å². The molecule has 0 heterocycles. The molecule has 2 aromatic rings. The van der Waals surface area contributed by atoms with Crippen molar-refractivity contribution in [2.24, 2.45) is 5.92 Å². The molecule has 0 saturated carbocycles. The maximum absolute atomic E-state index is 13.0. The average Bonchev–Trinajstić information content (AvgIpc) is 2.98. The van der Waals surface area contributed by atoms with Gasteiger partial charge in [-0.15, -0.1) is 0 Å². The number of benzene rings is 2. The predicted octanol–water partition coefficient (Wildman–Crippen LogP) is 3.12. The third-order valence-corrected chi connectivity index (χ3v) is 5.67. The summed E-state index contributed by atoms with van der Waals surface area (Å²) >= 11 is 0. The Balaban J connectivity index is 2.05. The molecule has 0 fully saturated rings. The fourth-order valence-electron chi connectivity index (χ4n) is 4.32. The van der Waals surface area contributed by atoms with E-state index in [9.17, 15) is 25.2 Å². The maximum atomic E-state index is 13.0. The smallest absolute Gasteiger partial charge is 0.170 e. The number of phenols is 3. The monoisotopic (exact) mass is 402 g/mol. The molecule has 0 saturated heterocycles. The number of hydrogen-bond donors (Lipinski definition) is 4. The number of phenolic OH excluding ortho intramolecular Hbond substituents is 3. The van der Waals surface area contributed by atoms with E-state index in [4.69, 9.17) is 9.47 Å². The maximum Gasteiger partial charge on any atom is 0.170 e. The molecule has 29 heavy (non-hydrogen) atoms. The van der Waals surface area contributed by atoms with Crippen LogP contribution in [-0.2, 0) is 6.42 Å². The SMILES string of the molecule is COc1ccc2c(c1OC)C[C@@H](C(C)(C)O)[C@@H]2CC(=O)c1c(O)cc(O)cc1O. The molecule has 7 nitrogen and oxygen atoms in total. The van der Waals surface area contributed by atoms with E-state index in [0.717, 1.165) is 23.3 Å². The van der Waals surface area contributed by atoms with Crippen LogP contribution in [0.25, 0.3) is 0 Å². The second-order valence-corrected chi connectivity index (χ2v) is 7.93. The van der Waals surface area contributed by atoms with Gasteiger partial charge in [-0.3, -0.25) is 4.79 Å². The van der Waals surface area contributed by atoms with Gasteiger partial charge in [0.1, 0.15) is 22.8 Å². The van der Waals surface area contributed by atoms with E-state index in [2.05, 4.69) is 0 Å². The lowest BCUT2D eigenvalue weighted by molar-refractivity contribution is 0.00912. The van der Waals surface area contributed by atoms with Crippen LogP contribution in [0.5, 0.6) is 28.7 Å². The van der Waals surface area contributed by atoms with Crippen LogP contribution in [-0.4, -0.2) is 46.0 Å². The Morgan fingerprint density at radius 1 is 1.10 bits per heavy atom. The Kier molecular flexibility index (Phi) is 5.36. The Hall–Kier alpha value is -2.93. The standard InChI is InChI=1S/C22H26O7/c1-22(2,27)15-9-14-12(5-6-19(28-3)21(14)29-4)13(15)10-18(26)20-16(24)7-11(23)8-17(20)25/h5-8,13,15,23-25,27H,9-10H2,1-4H3/t13-,15-/m1/s1. The quantitative estimate of drug-likeness (QED) is 0.549. The van der Waals surface area contributed by atoms with Gasteiger partial charge in [-0.2, -0.15) is 0 Å². The molecule has 156 valence electrons. The van der Waals surface area contributed by atoms with E-state index in [1.807, 2.05) is 6.07 Å². The fraction of sp³-hybridized carbons (Fsp3) is 0.409. The summed E-state index contributed by atoms with van der Waals surface area (Å²) in [6.45, 7) is 3.39. The first-order chi connectivity index (χ1) is 13.6. The van der Waals surface area contributed by atoms with Gasteiger partial charge >= 0.3 is 0 Å². The lowest BCUT2D eigenvalue weighted by Gasteiger charge is -2.31. The van der Waals surface area contributed by atoms with Crippen LogP contribution in [0.1, 0.15) is 47.7 Å². The van der Waals surface area contributed by atoms with Crippen molar-refractivity contribution in [1.82, 2.24) is 0 Å². The van der Waals surface area contributed by atoms with Crippen molar-refractivity contribution in [3.8, 4) is 28.7 Å². The number of ketones is 1. The molecule has 2 aromatic carbocycles. The summed E-state index contributed by atoms with van der Waals surface area (Å²) in [6, 6.07) is 5.64. The topological polar surface area (TPSA) is 116 Å². The number of rotatable bonds is 6. The van der Waals surface area contributed by atoms with Crippen LogP contribution >= 0.6 is 0 Å². The molecule has 1 aliphatic rings. The number of hydrogen-bond acceptors (Lipinski definition) is 7. The van der Waals surface area contributed by atoms with Crippen LogP contribution in [0.4, 0.5) is 0 Å². The van der Waals surface area contributed by atoms with Crippen LogP contribution < -0.4 is 9.47 Å². The van der Waals surface area contributed by atoms with Crippen LogP contribution in [0.15, 0.2) is 24.3 Å². The van der Waals surface area contributed by atoms with Crippen molar-refractivity contribution in [2.75, 3.05) is 14.2 Å². The summed E-state index contributed by atoms with van der Waals surface area (Å²) in [5.74, 6) is -1.30. The van der Waals surface area contributed by atoms with E-state index < -0.39 is 22.9 Å². The summed E-state index contributed by atoms with van der Waals surface area (Å²) < 4.78 is 10.9. The number of fused-ring (bicyclic) bond motifs is 1. The fourth-order valence-corrected chi connectivity index (χ4v) is 4.32. The first kappa shape index (κ1) is 20.8. The molecule has 0 aromatic heterocycles. The highest BCUT2D eigenvalue weighted by molar-refractivity contribution is 6.01.